The molecule has 2 nitrogen and oxygen atoms in total. The lowest BCUT2D eigenvalue weighted by Crippen LogP contribution is -2.28. The molecule has 0 radical (unpaired) electrons. The third-order valence-electron chi connectivity index (χ3n) is 24.0. The van der Waals surface area contributed by atoms with Gasteiger partial charge in [0.2, 0.25) is 0 Å². The Morgan fingerprint density at radius 1 is 0.229 bits per heavy atom. The van der Waals surface area contributed by atoms with E-state index >= 15 is 0 Å². The van der Waals surface area contributed by atoms with E-state index in [0.29, 0.717) is 0 Å². The van der Waals surface area contributed by atoms with Crippen molar-refractivity contribution >= 4 is 55.2 Å². The summed E-state index contributed by atoms with van der Waals surface area (Å²) in [6.45, 7) is 4.79. The summed E-state index contributed by atoms with van der Waals surface area (Å²) in [5.74, 6) is -0.0495. The maximum Gasteiger partial charge on any atom is 0.0713 e. The van der Waals surface area contributed by atoms with Gasteiger partial charge in [0.15, 0.2) is 0 Å². The highest BCUT2D eigenvalue weighted by atomic mass is 15.1. The van der Waals surface area contributed by atoms with Crippen LogP contribution in [0, 0.1) is 0 Å². The van der Waals surface area contributed by atoms with Gasteiger partial charge in [0.05, 0.1) is 22.0 Å². The minimum Gasteiger partial charge on any atom is -0.311 e. The summed E-state index contributed by atoms with van der Waals surface area (Å²) in [5.41, 5.74) is 37.6. The lowest BCUT2D eigenvalue weighted by molar-refractivity contribution is 0.659. The van der Waals surface area contributed by atoms with E-state index in [0.717, 1.165) is 17.1 Å². The van der Waals surface area contributed by atoms with Gasteiger partial charge in [0.1, 0.15) is 0 Å². The van der Waals surface area contributed by atoms with Crippen LogP contribution in [0.5, 0.6) is 0 Å². The van der Waals surface area contributed by atoms with Crippen molar-refractivity contribution in [1.82, 2.24) is 4.40 Å². The Morgan fingerprint density at radius 3 is 1.12 bits per heavy atom. The van der Waals surface area contributed by atoms with Gasteiger partial charge in [0, 0.05) is 55.5 Å². The number of para-hydroxylation sites is 2. The third kappa shape index (κ3) is 10.3. The molecule has 0 saturated heterocycles. The molecule has 2 aliphatic carbocycles. The molecule has 2 heteroatoms. The number of anilines is 3. The zero-order valence-corrected chi connectivity index (χ0v) is 60.7. The van der Waals surface area contributed by atoms with Crippen LogP contribution < -0.4 is 4.90 Å². The summed E-state index contributed by atoms with van der Waals surface area (Å²) in [6.07, 6.45) is 0. The molecular formula is C107H74N2. The Labute approximate surface area is 636 Å². The molecule has 0 aliphatic heterocycles. The lowest BCUT2D eigenvalue weighted by atomic mass is 9.67. The first-order valence-electron chi connectivity index (χ1n) is 38.1. The first-order chi connectivity index (χ1) is 53.8. The fourth-order valence-corrected chi connectivity index (χ4v) is 18.7. The monoisotopic (exact) mass is 1390 g/mol. The average Bonchev–Trinajstić information content (AvgIpc) is 1.55. The predicted octanol–water partition coefficient (Wildman–Crippen LogP) is 28.2. The zero-order chi connectivity index (χ0) is 72.3. The fourth-order valence-electron chi connectivity index (χ4n) is 18.7. The van der Waals surface area contributed by atoms with Gasteiger partial charge in [-0.1, -0.05) is 366 Å². The van der Waals surface area contributed by atoms with E-state index in [1.54, 1.807) is 0 Å². The van der Waals surface area contributed by atoms with Crippen molar-refractivity contribution < 1.29 is 0 Å². The molecule has 0 spiro atoms. The van der Waals surface area contributed by atoms with Gasteiger partial charge in [0.25, 0.3) is 0 Å². The van der Waals surface area contributed by atoms with E-state index in [1.807, 2.05) is 0 Å². The van der Waals surface area contributed by atoms with Crippen molar-refractivity contribution in [3.05, 3.63) is 457 Å². The van der Waals surface area contributed by atoms with Crippen molar-refractivity contribution in [2.24, 2.45) is 0 Å². The fraction of sp³-hybridized carbons (Fsp3) is 0.0467. The molecular weight excluding hydrogens is 1310 g/mol. The molecule has 512 valence electrons. The van der Waals surface area contributed by atoms with Crippen LogP contribution >= 0.6 is 0 Å². The third-order valence-corrected chi connectivity index (χ3v) is 24.0. The molecule has 19 aromatic rings. The van der Waals surface area contributed by atoms with Crippen LogP contribution in [0.1, 0.15) is 69.8 Å². The minimum atomic E-state index is -0.512. The molecule has 21 rings (SSSR count). The van der Waals surface area contributed by atoms with Gasteiger partial charge in [-0.25, -0.2) is 0 Å². The number of fused-ring (bicyclic) bond motifs is 12. The van der Waals surface area contributed by atoms with E-state index in [2.05, 4.69) is 430 Å². The van der Waals surface area contributed by atoms with Gasteiger partial charge in [-0.05, 0) is 188 Å². The molecule has 17 aromatic carbocycles. The quantitative estimate of drug-likeness (QED) is 0.0985. The minimum absolute atomic E-state index is 0.0495. The molecule has 2 aliphatic rings. The van der Waals surface area contributed by atoms with Crippen LogP contribution in [-0.2, 0) is 10.8 Å². The molecule has 0 N–H and O–H groups in total. The number of hydrogen-bond acceptors (Lipinski definition) is 1. The Morgan fingerprint density at radius 2 is 0.587 bits per heavy atom. The second kappa shape index (κ2) is 25.6. The molecule has 109 heavy (non-hydrogen) atoms. The number of rotatable bonds is 14. The van der Waals surface area contributed by atoms with Gasteiger partial charge in [-0.3, -0.25) is 0 Å². The highest BCUT2D eigenvalue weighted by molar-refractivity contribution is 6.26. The molecule has 0 fully saturated rings. The van der Waals surface area contributed by atoms with Crippen LogP contribution in [0.15, 0.2) is 406 Å². The van der Waals surface area contributed by atoms with E-state index in [-0.39, 0.29) is 11.3 Å². The smallest absolute Gasteiger partial charge is 0.0713 e. The predicted molar refractivity (Wildman–Crippen MR) is 457 cm³/mol. The maximum absolute atomic E-state index is 2.56. The van der Waals surface area contributed by atoms with E-state index < -0.39 is 5.41 Å². The van der Waals surface area contributed by atoms with Crippen molar-refractivity contribution in [2.75, 3.05) is 4.90 Å². The second-order valence-corrected chi connectivity index (χ2v) is 30.2. The summed E-state index contributed by atoms with van der Waals surface area (Å²) in [5, 5.41) is 5.01. The Bertz CT molecular complexity index is 6530. The van der Waals surface area contributed by atoms with Crippen molar-refractivity contribution in [3.63, 3.8) is 0 Å². The summed E-state index contributed by atoms with van der Waals surface area (Å²) >= 11 is 0. The second-order valence-electron chi connectivity index (χ2n) is 30.2. The van der Waals surface area contributed by atoms with E-state index in [9.17, 15) is 0 Å². The van der Waals surface area contributed by atoms with Crippen molar-refractivity contribution in [3.8, 4) is 89.0 Å². The standard InChI is InChI=1S/C107H74N2/c1-106(2)98-35-18-15-30-90(98)92-64-56-81(68-100(92)106)103(82-57-65-93-91-31-16-19-36-99(91)107(101(93)69-82,84-26-11-5-12-27-84)85-28-13-6-14-29-85)80-48-44-75(45-49-80)73-40-38-72(39-41-73)74-42-46-79(47-43-74)89-33-21-34-95-97-67-83(66-96-94-32-17-20-37-102(94)109(104(89)95)105(96)97)78-54-62-88(63-55-78)108(86-58-50-76(51-59-86)70-22-7-3-8-23-70)87-60-52-77(53-61-87)71-24-9-4-10-25-71/h3-69,103H,1-2H3. The molecule has 0 amide bonds. The molecule has 1 atom stereocenters. The topological polar surface area (TPSA) is 7.65 Å². The number of hydrogen-bond donors (Lipinski definition) is 0. The van der Waals surface area contributed by atoms with Crippen LogP contribution in [0.3, 0.4) is 0 Å². The summed E-state index contributed by atoms with van der Waals surface area (Å²) in [4.78, 5) is 2.37. The van der Waals surface area contributed by atoms with Crippen LogP contribution in [0.2, 0.25) is 0 Å². The SMILES string of the molecule is CC1(C)c2ccccc2-c2ccc(C(c3ccc(-c4ccc(-c5ccc(-c6cccc7c8cc(-c9ccc(N(c%10ccc(-c%11ccccc%11)cc%10)c%10ccc(-c%11ccccc%11)cc%10)cc9)cc9c%10ccccc%10n(c67)c98)cc5)cc4)cc3)c3ccc4c(c3)C(c3ccccc3)(c3ccccc3)c3ccccc3-4)cc21. The van der Waals surface area contributed by atoms with Crippen LogP contribution in [0.4, 0.5) is 17.1 Å². The summed E-state index contributed by atoms with van der Waals surface area (Å²) < 4.78 is 2.53. The normalized spacial score (nSPS) is 13.3. The van der Waals surface area contributed by atoms with Gasteiger partial charge < -0.3 is 9.30 Å². The Balaban J connectivity index is 0.597. The van der Waals surface area contributed by atoms with Gasteiger partial charge >= 0.3 is 0 Å². The maximum atomic E-state index is 2.56. The number of aromatic nitrogens is 1. The van der Waals surface area contributed by atoms with Crippen molar-refractivity contribution in [2.45, 2.75) is 30.6 Å². The largest absolute Gasteiger partial charge is 0.311 e. The summed E-state index contributed by atoms with van der Waals surface area (Å²) in [6, 6.07) is 152. The van der Waals surface area contributed by atoms with Gasteiger partial charge in [-0.2, -0.15) is 0 Å². The van der Waals surface area contributed by atoms with Gasteiger partial charge in [-0.15, -0.1) is 0 Å². The lowest BCUT2D eigenvalue weighted by Gasteiger charge is -2.34. The highest BCUT2D eigenvalue weighted by Crippen LogP contribution is 2.58. The number of nitrogens with zero attached hydrogens (tertiary/aromatic N) is 2. The zero-order valence-electron chi connectivity index (χ0n) is 60.7. The van der Waals surface area contributed by atoms with E-state index in [4.69, 9.17) is 0 Å². The van der Waals surface area contributed by atoms with Crippen molar-refractivity contribution in [1.29, 1.82) is 0 Å². The first-order valence-corrected chi connectivity index (χ1v) is 38.1. The molecule has 2 aromatic heterocycles. The van der Waals surface area contributed by atoms with Crippen LogP contribution in [0.25, 0.3) is 127 Å². The highest BCUT2D eigenvalue weighted by Gasteiger charge is 2.47. The average molecular weight is 1390 g/mol. The Kier molecular flexibility index (Phi) is 15.0. The Hall–Kier alpha value is -13.7. The molecule has 0 saturated carbocycles. The molecule has 1 unspecified atom stereocenters. The summed E-state index contributed by atoms with van der Waals surface area (Å²) in [7, 11) is 0. The number of benzene rings is 17. The van der Waals surface area contributed by atoms with Crippen LogP contribution in [-0.4, -0.2) is 4.40 Å². The molecule has 0 bridgehead atoms. The molecule has 2 heterocycles. The van der Waals surface area contributed by atoms with E-state index in [1.165, 1.54) is 177 Å². The first kappa shape index (κ1) is 63.8.